The lowest BCUT2D eigenvalue weighted by atomic mass is 10.1. The first kappa shape index (κ1) is 11.7. The minimum atomic E-state index is -0.428. The molecule has 6 heteroatoms. The van der Waals surface area contributed by atoms with Crippen molar-refractivity contribution in [1.82, 2.24) is 4.98 Å². The molecular formula is C13H13N3O3. The molecule has 1 aromatic carbocycles. The molecule has 0 atom stereocenters. The van der Waals surface area contributed by atoms with Gasteiger partial charge >= 0.3 is 0 Å². The van der Waals surface area contributed by atoms with Crippen molar-refractivity contribution in [3.05, 3.63) is 34.5 Å². The first-order valence-electron chi connectivity index (χ1n) is 6.18. The Morgan fingerprint density at radius 2 is 2.00 bits per heavy atom. The molecule has 0 bridgehead atoms. The van der Waals surface area contributed by atoms with Gasteiger partial charge in [0.05, 0.1) is 10.6 Å². The van der Waals surface area contributed by atoms with Crippen LogP contribution in [0.3, 0.4) is 0 Å². The lowest BCUT2D eigenvalue weighted by Gasteiger charge is -2.19. The molecule has 0 amide bonds. The van der Waals surface area contributed by atoms with Gasteiger partial charge in [0.15, 0.2) is 0 Å². The van der Waals surface area contributed by atoms with E-state index in [9.17, 15) is 15.2 Å². The number of hydrogen-bond donors (Lipinski definition) is 1. The molecule has 3 rings (SSSR count). The van der Waals surface area contributed by atoms with E-state index < -0.39 is 4.92 Å². The van der Waals surface area contributed by atoms with Gasteiger partial charge in [-0.05, 0) is 25.0 Å². The molecule has 6 nitrogen and oxygen atoms in total. The number of nitro groups is 1. The smallest absolute Gasteiger partial charge is 0.281 e. The van der Waals surface area contributed by atoms with Crippen LogP contribution < -0.4 is 4.90 Å². The second-order valence-electron chi connectivity index (χ2n) is 4.61. The third kappa shape index (κ3) is 1.85. The number of hydrogen-bond acceptors (Lipinski definition) is 5. The minimum absolute atomic E-state index is 0.0113. The average molecular weight is 259 g/mol. The van der Waals surface area contributed by atoms with E-state index in [0.717, 1.165) is 31.6 Å². The number of pyridine rings is 1. The summed E-state index contributed by atoms with van der Waals surface area (Å²) in [5, 5.41) is 21.4. The number of non-ortho nitro benzene ring substituents is 1. The third-order valence-electron chi connectivity index (χ3n) is 3.47. The fourth-order valence-corrected chi connectivity index (χ4v) is 2.59. The van der Waals surface area contributed by atoms with Gasteiger partial charge in [-0.25, -0.2) is 0 Å². The maximum absolute atomic E-state index is 11.2. The van der Waals surface area contributed by atoms with E-state index in [0.29, 0.717) is 10.9 Å². The van der Waals surface area contributed by atoms with Gasteiger partial charge in [0, 0.05) is 25.4 Å². The fourth-order valence-electron chi connectivity index (χ4n) is 2.59. The highest BCUT2D eigenvalue weighted by molar-refractivity contribution is 6.01. The largest absolute Gasteiger partial charge is 0.506 e. The molecule has 2 heterocycles. The van der Waals surface area contributed by atoms with Crippen molar-refractivity contribution in [2.45, 2.75) is 12.8 Å². The van der Waals surface area contributed by atoms with Crippen molar-refractivity contribution >= 4 is 22.3 Å². The Morgan fingerprint density at radius 1 is 1.26 bits per heavy atom. The van der Waals surface area contributed by atoms with Gasteiger partial charge in [0.1, 0.15) is 16.7 Å². The SMILES string of the molecule is O=[N+]([O-])c1ccc(O)c2nccc(N3CCCC3)c12. The zero-order valence-electron chi connectivity index (χ0n) is 10.2. The molecule has 0 spiro atoms. The maximum atomic E-state index is 11.2. The highest BCUT2D eigenvalue weighted by Crippen LogP contribution is 2.38. The Hall–Kier alpha value is -2.37. The van der Waals surface area contributed by atoms with Crippen LogP contribution in [0.2, 0.25) is 0 Å². The number of rotatable bonds is 2. The first-order chi connectivity index (χ1) is 9.18. The highest BCUT2D eigenvalue weighted by atomic mass is 16.6. The van der Waals surface area contributed by atoms with Crippen LogP contribution in [0.4, 0.5) is 11.4 Å². The van der Waals surface area contributed by atoms with Gasteiger partial charge in [0.2, 0.25) is 0 Å². The minimum Gasteiger partial charge on any atom is -0.506 e. The second kappa shape index (κ2) is 4.38. The number of nitro benzene ring substituents is 1. The average Bonchev–Trinajstić information content (AvgIpc) is 2.92. The number of phenols is 1. The van der Waals surface area contributed by atoms with Gasteiger partial charge in [0.25, 0.3) is 5.69 Å². The Balaban J connectivity index is 2.32. The van der Waals surface area contributed by atoms with Crippen LogP contribution in [-0.2, 0) is 0 Å². The summed E-state index contributed by atoms with van der Waals surface area (Å²) in [5.74, 6) is -0.0263. The predicted octanol–water partition coefficient (Wildman–Crippen LogP) is 2.45. The van der Waals surface area contributed by atoms with Gasteiger partial charge in [-0.15, -0.1) is 0 Å². The van der Waals surface area contributed by atoms with Crippen molar-refractivity contribution < 1.29 is 10.0 Å². The molecule has 1 saturated heterocycles. The van der Waals surface area contributed by atoms with Crippen molar-refractivity contribution in [3.8, 4) is 5.75 Å². The molecular weight excluding hydrogens is 246 g/mol. The standard InChI is InChI=1S/C13H13N3O3/c17-11-4-3-10(16(18)19)12-9(5-6-14-13(11)12)15-7-1-2-8-15/h3-6,17H,1-2,7-8H2. The molecule has 0 unspecified atom stereocenters. The van der Waals surface area contributed by atoms with Crippen LogP contribution in [0, 0.1) is 10.1 Å². The Morgan fingerprint density at radius 3 is 2.68 bits per heavy atom. The fraction of sp³-hybridized carbons (Fsp3) is 0.308. The normalized spacial score (nSPS) is 15.1. The number of aromatic hydroxyl groups is 1. The van der Waals surface area contributed by atoms with Crippen molar-refractivity contribution in [1.29, 1.82) is 0 Å². The lowest BCUT2D eigenvalue weighted by Crippen LogP contribution is -2.18. The molecule has 0 aliphatic carbocycles. The second-order valence-corrected chi connectivity index (χ2v) is 4.61. The molecule has 2 aromatic rings. The van der Waals surface area contributed by atoms with E-state index in [-0.39, 0.29) is 11.4 Å². The number of benzene rings is 1. The summed E-state index contributed by atoms with van der Waals surface area (Å²) < 4.78 is 0. The van der Waals surface area contributed by atoms with Gasteiger partial charge in [-0.2, -0.15) is 0 Å². The number of nitrogens with zero attached hydrogens (tertiary/aromatic N) is 3. The molecule has 1 N–H and O–H groups in total. The molecule has 0 radical (unpaired) electrons. The number of anilines is 1. The van der Waals surface area contributed by atoms with Crippen LogP contribution in [0.1, 0.15) is 12.8 Å². The Bertz CT molecular complexity index is 651. The number of aromatic nitrogens is 1. The first-order valence-corrected chi connectivity index (χ1v) is 6.18. The topological polar surface area (TPSA) is 79.5 Å². The van der Waals surface area contributed by atoms with Crippen LogP contribution in [-0.4, -0.2) is 28.1 Å². The predicted molar refractivity (Wildman–Crippen MR) is 71.5 cm³/mol. The van der Waals surface area contributed by atoms with Crippen molar-refractivity contribution in [2.75, 3.05) is 18.0 Å². The molecule has 19 heavy (non-hydrogen) atoms. The molecule has 1 fully saturated rings. The van der Waals surface area contributed by atoms with Crippen molar-refractivity contribution in [3.63, 3.8) is 0 Å². The van der Waals surface area contributed by atoms with E-state index in [1.165, 1.54) is 12.1 Å². The van der Waals surface area contributed by atoms with E-state index >= 15 is 0 Å². The summed E-state index contributed by atoms with van der Waals surface area (Å²) in [4.78, 5) is 16.9. The number of phenolic OH excluding ortho intramolecular Hbond substituents is 1. The maximum Gasteiger partial charge on any atom is 0.281 e. The van der Waals surface area contributed by atoms with Crippen LogP contribution in [0.15, 0.2) is 24.4 Å². The van der Waals surface area contributed by atoms with E-state index in [4.69, 9.17) is 0 Å². The van der Waals surface area contributed by atoms with E-state index in [1.807, 2.05) is 0 Å². The lowest BCUT2D eigenvalue weighted by molar-refractivity contribution is -0.383. The zero-order valence-corrected chi connectivity index (χ0v) is 10.2. The molecule has 0 saturated carbocycles. The van der Waals surface area contributed by atoms with Gasteiger partial charge in [-0.1, -0.05) is 0 Å². The molecule has 98 valence electrons. The summed E-state index contributed by atoms with van der Waals surface area (Å²) in [6.07, 6.45) is 3.74. The van der Waals surface area contributed by atoms with E-state index in [1.54, 1.807) is 12.3 Å². The monoisotopic (exact) mass is 259 g/mol. The zero-order chi connectivity index (χ0) is 13.4. The summed E-state index contributed by atoms with van der Waals surface area (Å²) >= 11 is 0. The molecule has 1 aliphatic rings. The van der Waals surface area contributed by atoms with Crippen LogP contribution in [0.5, 0.6) is 5.75 Å². The van der Waals surface area contributed by atoms with Crippen LogP contribution in [0.25, 0.3) is 10.9 Å². The quantitative estimate of drug-likeness (QED) is 0.662. The summed E-state index contributed by atoms with van der Waals surface area (Å²) in [6, 6.07) is 4.43. The summed E-state index contributed by atoms with van der Waals surface area (Å²) in [6.45, 7) is 1.76. The highest BCUT2D eigenvalue weighted by Gasteiger charge is 2.23. The summed E-state index contributed by atoms with van der Waals surface area (Å²) in [7, 11) is 0. The summed E-state index contributed by atoms with van der Waals surface area (Å²) in [5.41, 5.74) is 1.06. The Labute approximate surface area is 109 Å². The van der Waals surface area contributed by atoms with E-state index in [2.05, 4.69) is 9.88 Å². The van der Waals surface area contributed by atoms with Gasteiger partial charge < -0.3 is 10.0 Å². The third-order valence-corrected chi connectivity index (χ3v) is 3.47. The molecule has 1 aromatic heterocycles. The van der Waals surface area contributed by atoms with Crippen LogP contribution >= 0.6 is 0 Å². The number of fused-ring (bicyclic) bond motifs is 1. The van der Waals surface area contributed by atoms with Gasteiger partial charge in [-0.3, -0.25) is 15.1 Å². The van der Waals surface area contributed by atoms with Crippen molar-refractivity contribution in [2.24, 2.45) is 0 Å². The Kier molecular flexibility index (Phi) is 2.70. The molecule has 1 aliphatic heterocycles.